The Morgan fingerprint density at radius 1 is 1.26 bits per heavy atom. The van der Waals surface area contributed by atoms with E-state index in [0.717, 1.165) is 0 Å². The molecule has 2 N–H and O–H groups in total. The van der Waals surface area contributed by atoms with Crippen LogP contribution in [0, 0.1) is 0 Å². The first-order valence-corrected chi connectivity index (χ1v) is 9.57. The van der Waals surface area contributed by atoms with Gasteiger partial charge in [0.15, 0.2) is 0 Å². The van der Waals surface area contributed by atoms with E-state index in [-0.39, 0.29) is 0 Å². The quantitative estimate of drug-likeness (QED) is 0.921. The van der Waals surface area contributed by atoms with Gasteiger partial charge in [0.2, 0.25) is 0 Å². The molecule has 0 radical (unpaired) electrons. The summed E-state index contributed by atoms with van der Waals surface area (Å²) < 4.78 is 0. The van der Waals surface area contributed by atoms with Crippen molar-refractivity contribution in [2.75, 3.05) is 17.3 Å². The lowest BCUT2D eigenvalue weighted by molar-refractivity contribution is 0.467. The summed E-state index contributed by atoms with van der Waals surface area (Å²) >= 11 is 4.17. The summed E-state index contributed by atoms with van der Waals surface area (Å²) in [5.74, 6) is 4.54. The molecule has 3 unspecified atom stereocenters. The molecule has 3 heteroatoms. The second-order valence-electron chi connectivity index (χ2n) is 5.67. The summed E-state index contributed by atoms with van der Waals surface area (Å²) in [4.78, 5) is 0. The maximum absolute atomic E-state index is 6.50. The molecule has 3 atom stereocenters. The summed E-state index contributed by atoms with van der Waals surface area (Å²) in [5.41, 5.74) is 9.65. The van der Waals surface area contributed by atoms with Crippen LogP contribution in [0.3, 0.4) is 0 Å². The Kier molecular flexibility index (Phi) is 4.78. The van der Waals surface area contributed by atoms with Crippen LogP contribution in [-0.4, -0.2) is 28.6 Å². The van der Waals surface area contributed by atoms with Gasteiger partial charge in [0.1, 0.15) is 0 Å². The molecule has 1 aliphatic carbocycles. The van der Waals surface area contributed by atoms with Crippen molar-refractivity contribution in [3.05, 3.63) is 35.4 Å². The number of fused-ring (bicyclic) bond motifs is 1. The molecule has 0 spiro atoms. The topological polar surface area (TPSA) is 26.0 Å². The molecular weight excluding hydrogens is 270 g/mol. The van der Waals surface area contributed by atoms with Crippen molar-refractivity contribution in [2.24, 2.45) is 5.73 Å². The minimum absolute atomic E-state index is 0.369. The van der Waals surface area contributed by atoms with Crippen molar-refractivity contribution >= 4 is 23.5 Å². The lowest BCUT2D eigenvalue weighted by atomic mass is 9.79. The SMILES string of the molecule is NC(CC1CCCc2ccccc21)C1CSCCS1. The number of nitrogens with two attached hydrogens (primary N) is 1. The average Bonchev–Trinajstić information content (AvgIpc) is 2.48. The van der Waals surface area contributed by atoms with Gasteiger partial charge in [0.05, 0.1) is 0 Å². The lowest BCUT2D eigenvalue weighted by Crippen LogP contribution is -2.38. The Morgan fingerprint density at radius 2 is 2.16 bits per heavy atom. The van der Waals surface area contributed by atoms with E-state index in [1.54, 1.807) is 11.1 Å². The Hall–Kier alpha value is -0.120. The number of hydrogen-bond donors (Lipinski definition) is 1. The molecule has 0 bridgehead atoms. The van der Waals surface area contributed by atoms with Crippen LogP contribution in [0.2, 0.25) is 0 Å². The molecule has 0 amide bonds. The Morgan fingerprint density at radius 3 is 3.00 bits per heavy atom. The van der Waals surface area contributed by atoms with Gasteiger partial charge < -0.3 is 5.73 Å². The van der Waals surface area contributed by atoms with E-state index >= 15 is 0 Å². The van der Waals surface area contributed by atoms with Crippen molar-refractivity contribution in [3.8, 4) is 0 Å². The molecule has 1 fully saturated rings. The maximum atomic E-state index is 6.50. The predicted molar refractivity (Wildman–Crippen MR) is 88.3 cm³/mol. The molecule has 104 valence electrons. The zero-order valence-electron chi connectivity index (χ0n) is 11.4. The maximum Gasteiger partial charge on any atom is 0.0290 e. The van der Waals surface area contributed by atoms with Gasteiger partial charge in [0.25, 0.3) is 0 Å². The molecule has 1 aromatic carbocycles. The normalized spacial score (nSPS) is 28.7. The first-order valence-electron chi connectivity index (χ1n) is 7.37. The van der Waals surface area contributed by atoms with Gasteiger partial charge in [-0.2, -0.15) is 23.5 Å². The highest BCUT2D eigenvalue weighted by Crippen LogP contribution is 2.36. The zero-order valence-corrected chi connectivity index (χ0v) is 13.0. The van der Waals surface area contributed by atoms with Crippen LogP contribution in [0.5, 0.6) is 0 Å². The largest absolute Gasteiger partial charge is 0.327 e. The minimum atomic E-state index is 0.369. The molecule has 1 aliphatic heterocycles. The smallest absolute Gasteiger partial charge is 0.0290 e. The third-order valence-corrected chi connectivity index (χ3v) is 7.31. The summed E-state index contributed by atoms with van der Waals surface area (Å²) in [6.45, 7) is 0. The highest BCUT2D eigenvalue weighted by molar-refractivity contribution is 8.06. The minimum Gasteiger partial charge on any atom is -0.327 e. The number of rotatable bonds is 3. The first kappa shape index (κ1) is 13.8. The Labute approximate surface area is 125 Å². The van der Waals surface area contributed by atoms with Gasteiger partial charge in [-0.1, -0.05) is 24.3 Å². The number of hydrogen-bond acceptors (Lipinski definition) is 3. The second-order valence-corrected chi connectivity index (χ2v) is 8.17. The van der Waals surface area contributed by atoms with Crippen LogP contribution in [0.25, 0.3) is 0 Å². The van der Waals surface area contributed by atoms with Crippen molar-refractivity contribution < 1.29 is 0 Å². The third kappa shape index (κ3) is 3.32. The van der Waals surface area contributed by atoms with E-state index in [9.17, 15) is 0 Å². The van der Waals surface area contributed by atoms with Crippen molar-refractivity contribution in [1.82, 2.24) is 0 Å². The van der Waals surface area contributed by atoms with Crippen LogP contribution in [0.4, 0.5) is 0 Å². The summed E-state index contributed by atoms with van der Waals surface area (Å²) in [5, 5.41) is 0.674. The zero-order chi connectivity index (χ0) is 13.1. The third-order valence-electron chi connectivity index (χ3n) is 4.37. The molecule has 0 aromatic heterocycles. The van der Waals surface area contributed by atoms with E-state index in [1.807, 2.05) is 0 Å². The van der Waals surface area contributed by atoms with Gasteiger partial charge in [-0.3, -0.25) is 0 Å². The van der Waals surface area contributed by atoms with Gasteiger partial charge in [-0.25, -0.2) is 0 Å². The van der Waals surface area contributed by atoms with Crippen LogP contribution in [0.1, 0.15) is 36.3 Å². The van der Waals surface area contributed by atoms with E-state index in [4.69, 9.17) is 5.73 Å². The highest BCUT2D eigenvalue weighted by Gasteiger charge is 2.27. The fourth-order valence-corrected chi connectivity index (χ4v) is 6.17. The summed E-state index contributed by atoms with van der Waals surface area (Å²) in [7, 11) is 0. The van der Waals surface area contributed by atoms with Crippen LogP contribution in [-0.2, 0) is 6.42 Å². The molecule has 1 nitrogen and oxygen atoms in total. The van der Waals surface area contributed by atoms with Crippen LogP contribution < -0.4 is 5.73 Å². The highest BCUT2D eigenvalue weighted by atomic mass is 32.2. The second kappa shape index (κ2) is 6.55. The summed E-state index contributed by atoms with van der Waals surface area (Å²) in [6, 6.07) is 9.36. The number of benzene rings is 1. The Bertz CT molecular complexity index is 415. The number of thioether (sulfide) groups is 2. The fourth-order valence-electron chi connectivity index (χ4n) is 3.33. The average molecular weight is 294 g/mol. The van der Waals surface area contributed by atoms with E-state index < -0.39 is 0 Å². The van der Waals surface area contributed by atoms with E-state index in [0.29, 0.717) is 17.2 Å². The van der Waals surface area contributed by atoms with Crippen LogP contribution in [0.15, 0.2) is 24.3 Å². The fraction of sp³-hybridized carbons (Fsp3) is 0.625. The summed E-state index contributed by atoms with van der Waals surface area (Å²) in [6.07, 6.45) is 5.10. The molecule has 2 aliphatic rings. The first-order chi connectivity index (χ1) is 9.34. The monoisotopic (exact) mass is 293 g/mol. The predicted octanol–water partition coefficient (Wildman–Crippen LogP) is 3.67. The van der Waals surface area contributed by atoms with Crippen LogP contribution >= 0.6 is 23.5 Å². The van der Waals surface area contributed by atoms with Crippen molar-refractivity contribution in [3.63, 3.8) is 0 Å². The molecule has 19 heavy (non-hydrogen) atoms. The number of aryl methyl sites for hydroxylation is 1. The van der Waals surface area contributed by atoms with Gasteiger partial charge in [-0.15, -0.1) is 0 Å². The molecule has 0 saturated carbocycles. The molecule has 1 aromatic rings. The standard InChI is InChI=1S/C16H23NS2/c17-15(16-11-18-8-9-19-16)10-13-6-3-5-12-4-1-2-7-14(12)13/h1-2,4,7,13,15-16H,3,5-6,8-11,17H2. The van der Waals surface area contributed by atoms with Crippen molar-refractivity contribution in [2.45, 2.75) is 42.9 Å². The van der Waals surface area contributed by atoms with E-state index in [1.165, 1.54) is 42.9 Å². The Balaban J connectivity index is 1.66. The van der Waals surface area contributed by atoms with Gasteiger partial charge in [0, 0.05) is 28.6 Å². The molecule has 1 saturated heterocycles. The molecular formula is C16H23NS2. The molecule has 3 rings (SSSR count). The van der Waals surface area contributed by atoms with E-state index in [2.05, 4.69) is 47.8 Å². The molecule has 1 heterocycles. The van der Waals surface area contributed by atoms with Gasteiger partial charge in [-0.05, 0) is 42.7 Å². The van der Waals surface area contributed by atoms with Crippen molar-refractivity contribution in [1.29, 1.82) is 0 Å². The lowest BCUT2D eigenvalue weighted by Gasteiger charge is -2.32. The van der Waals surface area contributed by atoms with Gasteiger partial charge >= 0.3 is 0 Å².